The summed E-state index contributed by atoms with van der Waals surface area (Å²) in [4.78, 5) is 11.2. The Morgan fingerprint density at radius 3 is 2.41 bits per heavy atom. The van der Waals surface area contributed by atoms with Gasteiger partial charge in [-0.1, -0.05) is 0 Å². The van der Waals surface area contributed by atoms with Crippen LogP contribution in [0.15, 0.2) is 0 Å². The van der Waals surface area contributed by atoms with E-state index < -0.39 is 33.2 Å². The molecule has 6 heteroatoms. The summed E-state index contributed by atoms with van der Waals surface area (Å²) in [5, 5.41) is 8.69. The van der Waals surface area contributed by atoms with Crippen molar-refractivity contribution in [3.8, 4) is 0 Å². The van der Waals surface area contributed by atoms with E-state index in [4.69, 9.17) is 0 Å². The Morgan fingerprint density at radius 2 is 1.88 bits per heavy atom. The van der Waals surface area contributed by atoms with Gasteiger partial charge in [-0.2, -0.15) is 0 Å². The SMILES string of the molecule is CC(C)S(=O)(=O)NC1C2CCC(C2)C1C(=O)O. The molecule has 0 aromatic rings. The summed E-state index contributed by atoms with van der Waals surface area (Å²) in [5.74, 6) is -1.05. The van der Waals surface area contributed by atoms with E-state index in [1.54, 1.807) is 13.8 Å². The zero-order valence-electron chi connectivity index (χ0n) is 10.1. The molecule has 0 spiro atoms. The quantitative estimate of drug-likeness (QED) is 0.784. The molecule has 2 rings (SSSR count). The highest BCUT2D eigenvalue weighted by Gasteiger charge is 2.52. The molecule has 0 aromatic heterocycles. The lowest BCUT2D eigenvalue weighted by Crippen LogP contribution is -2.48. The summed E-state index contributed by atoms with van der Waals surface area (Å²) in [6, 6.07) is -0.404. The van der Waals surface area contributed by atoms with Crippen molar-refractivity contribution in [3.05, 3.63) is 0 Å². The van der Waals surface area contributed by atoms with Gasteiger partial charge in [-0.15, -0.1) is 0 Å². The first kappa shape index (κ1) is 12.8. The minimum absolute atomic E-state index is 0.150. The first-order valence-corrected chi connectivity index (χ1v) is 7.61. The normalized spacial score (nSPS) is 36.6. The number of fused-ring (bicyclic) bond motifs is 2. The number of nitrogens with one attached hydrogen (secondary N) is 1. The summed E-state index contributed by atoms with van der Waals surface area (Å²) < 4.78 is 26.3. The second kappa shape index (κ2) is 4.24. The molecule has 0 radical (unpaired) electrons. The Morgan fingerprint density at radius 1 is 1.29 bits per heavy atom. The van der Waals surface area contributed by atoms with Gasteiger partial charge in [-0.05, 0) is 44.9 Å². The second-order valence-electron chi connectivity index (χ2n) is 5.43. The number of aliphatic carboxylic acids is 1. The highest BCUT2D eigenvalue weighted by atomic mass is 32.2. The van der Waals surface area contributed by atoms with Gasteiger partial charge >= 0.3 is 5.97 Å². The molecule has 0 saturated heterocycles. The molecule has 4 atom stereocenters. The number of rotatable bonds is 4. The molecule has 17 heavy (non-hydrogen) atoms. The van der Waals surface area contributed by atoms with E-state index >= 15 is 0 Å². The molecular weight excluding hydrogens is 242 g/mol. The molecule has 98 valence electrons. The number of carboxylic acids is 1. The molecule has 0 amide bonds. The topological polar surface area (TPSA) is 83.5 Å². The minimum atomic E-state index is -3.38. The van der Waals surface area contributed by atoms with Crippen LogP contribution in [0.2, 0.25) is 0 Å². The average molecular weight is 261 g/mol. The fourth-order valence-electron chi connectivity index (χ4n) is 3.14. The van der Waals surface area contributed by atoms with Crippen LogP contribution in [-0.2, 0) is 14.8 Å². The smallest absolute Gasteiger partial charge is 0.308 e. The largest absolute Gasteiger partial charge is 0.481 e. The van der Waals surface area contributed by atoms with Gasteiger partial charge in [0.05, 0.1) is 11.2 Å². The first-order valence-electron chi connectivity index (χ1n) is 6.07. The molecule has 0 aromatic carbocycles. The van der Waals surface area contributed by atoms with Crippen molar-refractivity contribution >= 4 is 16.0 Å². The molecule has 0 aliphatic heterocycles. The molecule has 2 aliphatic rings. The zero-order valence-corrected chi connectivity index (χ0v) is 10.9. The third kappa shape index (κ3) is 2.20. The van der Waals surface area contributed by atoms with Crippen molar-refractivity contribution in [1.29, 1.82) is 0 Å². The summed E-state index contributed by atoms with van der Waals surface area (Å²) >= 11 is 0. The van der Waals surface area contributed by atoms with Crippen molar-refractivity contribution in [1.82, 2.24) is 4.72 Å². The zero-order chi connectivity index (χ0) is 12.8. The van der Waals surface area contributed by atoms with E-state index in [1.165, 1.54) is 0 Å². The van der Waals surface area contributed by atoms with Gasteiger partial charge in [0.25, 0.3) is 0 Å². The predicted octanol–water partition coefficient (Wildman–Crippen LogP) is 0.813. The van der Waals surface area contributed by atoms with E-state index in [1.807, 2.05) is 0 Å². The number of carboxylic acid groups (broad SMARTS) is 1. The first-order chi connectivity index (χ1) is 7.83. The Bertz CT molecular complexity index is 417. The average Bonchev–Trinajstić information content (AvgIpc) is 2.76. The Labute approximate surface area is 102 Å². The molecule has 5 nitrogen and oxygen atoms in total. The Kier molecular flexibility index (Phi) is 3.20. The maximum Gasteiger partial charge on any atom is 0.308 e. The lowest BCUT2D eigenvalue weighted by molar-refractivity contribution is -0.144. The van der Waals surface area contributed by atoms with Crippen molar-refractivity contribution in [3.63, 3.8) is 0 Å². The molecule has 0 heterocycles. The van der Waals surface area contributed by atoms with Crippen molar-refractivity contribution in [2.75, 3.05) is 0 Å². The fourth-order valence-corrected chi connectivity index (χ4v) is 4.13. The van der Waals surface area contributed by atoms with Crippen LogP contribution < -0.4 is 4.72 Å². The van der Waals surface area contributed by atoms with Crippen LogP contribution in [-0.4, -0.2) is 30.8 Å². The van der Waals surface area contributed by atoms with Gasteiger partial charge in [-0.3, -0.25) is 4.79 Å². The van der Waals surface area contributed by atoms with Gasteiger partial charge in [0.1, 0.15) is 0 Å². The Balaban J connectivity index is 2.18. The van der Waals surface area contributed by atoms with Crippen molar-refractivity contribution < 1.29 is 18.3 Å². The number of sulfonamides is 1. The van der Waals surface area contributed by atoms with Gasteiger partial charge < -0.3 is 5.11 Å². The van der Waals surface area contributed by atoms with E-state index in [0.717, 1.165) is 19.3 Å². The van der Waals surface area contributed by atoms with Gasteiger partial charge in [0, 0.05) is 6.04 Å². The third-order valence-corrected chi connectivity index (χ3v) is 5.96. The highest BCUT2D eigenvalue weighted by molar-refractivity contribution is 7.90. The maximum atomic E-state index is 11.8. The molecule has 2 aliphatic carbocycles. The van der Waals surface area contributed by atoms with Gasteiger partial charge in [-0.25, -0.2) is 13.1 Å². The van der Waals surface area contributed by atoms with Crippen LogP contribution in [0.4, 0.5) is 0 Å². The minimum Gasteiger partial charge on any atom is -0.481 e. The molecule has 4 unspecified atom stereocenters. The number of hydrogen-bond donors (Lipinski definition) is 2. The highest BCUT2D eigenvalue weighted by Crippen LogP contribution is 2.48. The number of hydrogen-bond acceptors (Lipinski definition) is 3. The summed E-state index contributed by atoms with van der Waals surface area (Å²) in [7, 11) is -3.38. The van der Waals surface area contributed by atoms with Crippen LogP contribution in [0, 0.1) is 17.8 Å². The van der Waals surface area contributed by atoms with Crippen LogP contribution >= 0.6 is 0 Å². The van der Waals surface area contributed by atoms with Gasteiger partial charge in [0.15, 0.2) is 0 Å². The molecule has 2 N–H and O–H groups in total. The molecule has 2 saturated carbocycles. The van der Waals surface area contributed by atoms with Crippen LogP contribution in [0.3, 0.4) is 0 Å². The predicted molar refractivity (Wildman–Crippen MR) is 62.9 cm³/mol. The lowest BCUT2D eigenvalue weighted by Gasteiger charge is -2.29. The van der Waals surface area contributed by atoms with E-state index in [9.17, 15) is 18.3 Å². The van der Waals surface area contributed by atoms with Crippen LogP contribution in [0.1, 0.15) is 33.1 Å². The van der Waals surface area contributed by atoms with Crippen LogP contribution in [0.25, 0.3) is 0 Å². The standard InChI is InChI=1S/C11H19NO4S/c1-6(2)17(15,16)12-10-8-4-3-7(5-8)9(10)11(13)14/h6-10,12H,3-5H2,1-2H3,(H,13,14). The summed E-state index contributed by atoms with van der Waals surface area (Å²) in [5.41, 5.74) is 0. The van der Waals surface area contributed by atoms with Gasteiger partial charge in [0.2, 0.25) is 10.0 Å². The van der Waals surface area contributed by atoms with Crippen LogP contribution in [0.5, 0.6) is 0 Å². The maximum absolute atomic E-state index is 11.8. The fraction of sp³-hybridized carbons (Fsp3) is 0.909. The van der Waals surface area contributed by atoms with Crippen molar-refractivity contribution in [2.24, 2.45) is 17.8 Å². The van der Waals surface area contributed by atoms with Crippen molar-refractivity contribution in [2.45, 2.75) is 44.4 Å². The van der Waals surface area contributed by atoms with E-state index in [2.05, 4.69) is 4.72 Å². The molecular formula is C11H19NO4S. The third-order valence-electron chi connectivity index (χ3n) is 4.12. The second-order valence-corrected chi connectivity index (χ2v) is 7.70. The molecule has 2 fully saturated rings. The molecule has 2 bridgehead atoms. The summed E-state index contributed by atoms with van der Waals surface area (Å²) in [6.07, 6.45) is 2.71. The Hall–Kier alpha value is -0.620. The number of carbonyl (C=O) groups is 1. The van der Waals surface area contributed by atoms with E-state index in [0.29, 0.717) is 0 Å². The summed E-state index contributed by atoms with van der Waals surface area (Å²) in [6.45, 7) is 3.20. The lowest BCUT2D eigenvalue weighted by atomic mass is 9.85. The van der Waals surface area contributed by atoms with E-state index in [-0.39, 0.29) is 11.8 Å². The monoisotopic (exact) mass is 261 g/mol.